The van der Waals surface area contributed by atoms with Crippen LogP contribution in [0.2, 0.25) is 0 Å². The summed E-state index contributed by atoms with van der Waals surface area (Å²) in [5.74, 6) is 0.687. The number of ether oxygens (including phenoxy) is 2. The maximum Gasteiger partial charge on any atom is 0.264 e. The van der Waals surface area contributed by atoms with Crippen LogP contribution in [0.1, 0.15) is 22.9 Å². The topological polar surface area (TPSA) is 59.1 Å². The van der Waals surface area contributed by atoms with Gasteiger partial charge < -0.3 is 9.47 Å². The molecule has 2 heterocycles. The van der Waals surface area contributed by atoms with E-state index in [1.54, 1.807) is 54.8 Å². The predicted molar refractivity (Wildman–Crippen MR) is 133 cm³/mol. The van der Waals surface area contributed by atoms with Crippen LogP contribution in [0, 0.1) is 0 Å². The molecular weight excluding hydrogens is 456 g/mol. The number of aryl methyl sites for hydroxylation is 1. The van der Waals surface area contributed by atoms with E-state index in [1.807, 2.05) is 12.1 Å². The third kappa shape index (κ3) is 5.76. The van der Waals surface area contributed by atoms with Crippen molar-refractivity contribution in [3.63, 3.8) is 0 Å². The van der Waals surface area contributed by atoms with Crippen molar-refractivity contribution in [1.82, 2.24) is 4.90 Å². The van der Waals surface area contributed by atoms with Crippen LogP contribution in [-0.2, 0) is 34.3 Å². The van der Waals surface area contributed by atoms with Gasteiger partial charge in [-0.25, -0.2) is 8.42 Å². The molecule has 1 aromatic heterocycles. The maximum atomic E-state index is 13.7. The molecule has 0 bridgehead atoms. The van der Waals surface area contributed by atoms with Crippen molar-refractivity contribution in [3.05, 3.63) is 76.0 Å². The number of rotatable bonds is 9. The number of hydrogen-bond donors (Lipinski definition) is 0. The highest BCUT2D eigenvalue weighted by Gasteiger charge is 2.26. The summed E-state index contributed by atoms with van der Waals surface area (Å²) in [6.07, 6.45) is 0.865. The predicted octanol–water partition coefficient (Wildman–Crippen LogP) is 4.55. The standard InChI is InChI=1S/C25H30N2O4S2/c1-3-20-4-10-25(11-5-20)33(28,29)27(22-6-8-23(30-2)9-7-22)18-24-16-21(19-32-24)17-26-12-14-31-15-13-26/h4-11,16,19H,3,12-15,17-18H2,1-2H3. The van der Waals surface area contributed by atoms with Crippen molar-refractivity contribution >= 4 is 27.0 Å². The van der Waals surface area contributed by atoms with Gasteiger partial charge in [-0.15, -0.1) is 11.3 Å². The van der Waals surface area contributed by atoms with Gasteiger partial charge in [0.25, 0.3) is 10.0 Å². The molecule has 0 radical (unpaired) electrons. The summed E-state index contributed by atoms with van der Waals surface area (Å²) in [6, 6.07) is 16.4. The van der Waals surface area contributed by atoms with Crippen molar-refractivity contribution in [2.24, 2.45) is 0 Å². The van der Waals surface area contributed by atoms with E-state index in [0.29, 0.717) is 16.3 Å². The quantitative estimate of drug-likeness (QED) is 0.444. The number of methoxy groups -OCH3 is 1. The zero-order valence-electron chi connectivity index (χ0n) is 19.1. The molecule has 3 aromatic rings. The number of morpholine rings is 1. The van der Waals surface area contributed by atoms with E-state index in [1.165, 1.54) is 9.87 Å². The largest absolute Gasteiger partial charge is 0.497 e. The molecule has 4 rings (SSSR count). The van der Waals surface area contributed by atoms with Gasteiger partial charge in [-0.1, -0.05) is 19.1 Å². The molecule has 0 unspecified atom stereocenters. The van der Waals surface area contributed by atoms with E-state index in [9.17, 15) is 8.42 Å². The number of benzene rings is 2. The third-order valence-corrected chi connectivity index (χ3v) is 8.56. The monoisotopic (exact) mass is 486 g/mol. The lowest BCUT2D eigenvalue weighted by molar-refractivity contribution is 0.0342. The Kier molecular flexibility index (Phi) is 7.70. The van der Waals surface area contributed by atoms with Crippen molar-refractivity contribution in [2.75, 3.05) is 37.7 Å². The zero-order chi connectivity index (χ0) is 23.3. The summed E-state index contributed by atoms with van der Waals surface area (Å²) in [5, 5.41) is 2.12. The van der Waals surface area contributed by atoms with Crippen LogP contribution < -0.4 is 9.04 Å². The molecule has 0 N–H and O–H groups in total. The van der Waals surface area contributed by atoms with Gasteiger partial charge in [0, 0.05) is 24.5 Å². The van der Waals surface area contributed by atoms with Crippen LogP contribution in [0.4, 0.5) is 5.69 Å². The summed E-state index contributed by atoms with van der Waals surface area (Å²) in [5.41, 5.74) is 2.92. The smallest absolute Gasteiger partial charge is 0.264 e. The fraction of sp³-hybridized carbons (Fsp3) is 0.360. The molecule has 0 amide bonds. The Morgan fingerprint density at radius 2 is 1.73 bits per heavy atom. The second-order valence-electron chi connectivity index (χ2n) is 8.02. The number of sulfonamides is 1. The molecule has 1 aliphatic rings. The molecule has 1 aliphatic heterocycles. The van der Waals surface area contributed by atoms with Gasteiger partial charge in [-0.2, -0.15) is 0 Å². The average molecular weight is 487 g/mol. The molecular formula is C25H30N2O4S2. The first-order chi connectivity index (χ1) is 16.0. The number of anilines is 1. The molecule has 2 aromatic carbocycles. The average Bonchev–Trinajstić information content (AvgIpc) is 3.30. The second-order valence-corrected chi connectivity index (χ2v) is 10.9. The van der Waals surface area contributed by atoms with Crippen LogP contribution >= 0.6 is 11.3 Å². The first-order valence-electron chi connectivity index (χ1n) is 11.1. The summed E-state index contributed by atoms with van der Waals surface area (Å²) < 4.78 is 39.6. The zero-order valence-corrected chi connectivity index (χ0v) is 20.7. The van der Waals surface area contributed by atoms with Gasteiger partial charge in [0.1, 0.15) is 5.75 Å². The minimum absolute atomic E-state index is 0.276. The first-order valence-corrected chi connectivity index (χ1v) is 13.4. The number of thiophene rings is 1. The Morgan fingerprint density at radius 3 is 2.36 bits per heavy atom. The Bertz CT molecular complexity index is 1140. The van der Waals surface area contributed by atoms with E-state index in [-0.39, 0.29) is 6.54 Å². The van der Waals surface area contributed by atoms with Gasteiger partial charge in [0.05, 0.1) is 37.5 Å². The molecule has 1 fully saturated rings. The van der Waals surface area contributed by atoms with Crippen LogP contribution in [0.5, 0.6) is 5.75 Å². The highest BCUT2D eigenvalue weighted by Crippen LogP contribution is 2.30. The van der Waals surface area contributed by atoms with Crippen LogP contribution in [-0.4, -0.2) is 46.7 Å². The fourth-order valence-electron chi connectivity index (χ4n) is 3.84. The minimum Gasteiger partial charge on any atom is -0.497 e. The highest BCUT2D eigenvalue weighted by atomic mass is 32.2. The normalized spacial score (nSPS) is 14.8. The molecule has 8 heteroatoms. The lowest BCUT2D eigenvalue weighted by atomic mass is 10.2. The molecule has 6 nitrogen and oxygen atoms in total. The highest BCUT2D eigenvalue weighted by molar-refractivity contribution is 7.92. The molecule has 0 atom stereocenters. The van der Waals surface area contributed by atoms with Gasteiger partial charge in [-0.05, 0) is 65.4 Å². The number of nitrogens with zero attached hydrogens (tertiary/aromatic N) is 2. The van der Waals surface area contributed by atoms with E-state index in [4.69, 9.17) is 9.47 Å². The van der Waals surface area contributed by atoms with Gasteiger partial charge >= 0.3 is 0 Å². The van der Waals surface area contributed by atoms with Gasteiger partial charge in [0.15, 0.2) is 0 Å². The second kappa shape index (κ2) is 10.7. The summed E-state index contributed by atoms with van der Waals surface area (Å²) >= 11 is 1.60. The molecule has 0 saturated carbocycles. The van der Waals surface area contributed by atoms with E-state index >= 15 is 0 Å². The van der Waals surface area contributed by atoms with Crippen LogP contribution in [0.15, 0.2) is 64.9 Å². The number of hydrogen-bond acceptors (Lipinski definition) is 6. The molecule has 1 saturated heterocycles. The SMILES string of the molecule is CCc1ccc(S(=O)(=O)N(Cc2cc(CN3CCOCC3)cs2)c2ccc(OC)cc2)cc1. The Balaban J connectivity index is 1.61. The molecule has 0 spiro atoms. The van der Waals surface area contributed by atoms with Crippen molar-refractivity contribution in [3.8, 4) is 5.75 Å². The third-order valence-electron chi connectivity index (χ3n) is 5.80. The molecule has 176 valence electrons. The fourth-order valence-corrected chi connectivity index (χ4v) is 6.23. The van der Waals surface area contributed by atoms with Crippen molar-refractivity contribution in [1.29, 1.82) is 0 Å². The summed E-state index contributed by atoms with van der Waals surface area (Å²) in [4.78, 5) is 3.66. The molecule has 33 heavy (non-hydrogen) atoms. The summed E-state index contributed by atoms with van der Waals surface area (Å²) in [6.45, 7) is 6.55. The Morgan fingerprint density at radius 1 is 1.03 bits per heavy atom. The lowest BCUT2D eigenvalue weighted by Gasteiger charge is -2.26. The Labute approximate surface area is 200 Å². The van der Waals surface area contributed by atoms with Gasteiger partial charge in [-0.3, -0.25) is 9.21 Å². The van der Waals surface area contributed by atoms with E-state index < -0.39 is 10.0 Å². The summed E-state index contributed by atoms with van der Waals surface area (Å²) in [7, 11) is -2.14. The first kappa shape index (κ1) is 23.8. The lowest BCUT2D eigenvalue weighted by Crippen LogP contribution is -2.35. The molecule has 0 aliphatic carbocycles. The maximum absolute atomic E-state index is 13.7. The Hall–Kier alpha value is -2.39. The van der Waals surface area contributed by atoms with E-state index in [0.717, 1.165) is 49.7 Å². The minimum atomic E-state index is -3.74. The van der Waals surface area contributed by atoms with Gasteiger partial charge in [0.2, 0.25) is 0 Å². The van der Waals surface area contributed by atoms with Crippen LogP contribution in [0.25, 0.3) is 0 Å². The van der Waals surface area contributed by atoms with Crippen LogP contribution in [0.3, 0.4) is 0 Å². The van der Waals surface area contributed by atoms with E-state index in [2.05, 4.69) is 23.3 Å². The van der Waals surface area contributed by atoms with Crippen molar-refractivity contribution in [2.45, 2.75) is 31.3 Å². The van der Waals surface area contributed by atoms with Crippen molar-refractivity contribution < 1.29 is 17.9 Å².